The van der Waals surface area contributed by atoms with Crippen molar-refractivity contribution in [3.63, 3.8) is 0 Å². The molecule has 2 aromatic carbocycles. The van der Waals surface area contributed by atoms with Crippen molar-refractivity contribution < 1.29 is 13.5 Å². The Labute approximate surface area is 175 Å². The van der Waals surface area contributed by atoms with E-state index >= 15 is 0 Å². The number of ether oxygens (including phenoxy) is 1. The maximum atomic E-state index is 14.4. The molecule has 3 rings (SSSR count). The van der Waals surface area contributed by atoms with E-state index in [1.807, 2.05) is 14.2 Å². The van der Waals surface area contributed by atoms with Gasteiger partial charge in [-0.15, -0.1) is 0 Å². The smallest absolute Gasteiger partial charge is 0.215 e. The Hall–Kier alpha value is -3.48. The molecular formula is C23H21BF2N3O. The first-order valence-corrected chi connectivity index (χ1v) is 9.22. The van der Waals surface area contributed by atoms with E-state index in [-0.39, 0.29) is 5.56 Å². The zero-order valence-electron chi connectivity index (χ0n) is 17.1. The Morgan fingerprint density at radius 3 is 2.60 bits per heavy atom. The predicted octanol–water partition coefficient (Wildman–Crippen LogP) is 5.25. The van der Waals surface area contributed by atoms with Crippen LogP contribution in [0.4, 0.5) is 14.5 Å². The predicted molar refractivity (Wildman–Crippen MR) is 120 cm³/mol. The van der Waals surface area contributed by atoms with Crippen molar-refractivity contribution in [3.05, 3.63) is 83.8 Å². The van der Waals surface area contributed by atoms with E-state index < -0.39 is 11.6 Å². The van der Waals surface area contributed by atoms with E-state index in [1.165, 1.54) is 18.3 Å². The topological polar surface area (TPSA) is 46.0 Å². The maximum absolute atomic E-state index is 14.4. The molecule has 0 spiro atoms. The lowest BCUT2D eigenvalue weighted by atomic mass is 9.66. The minimum Gasteiger partial charge on any atom is -0.496 e. The van der Waals surface area contributed by atoms with E-state index in [1.54, 1.807) is 32.4 Å². The molecule has 151 valence electrons. The summed E-state index contributed by atoms with van der Waals surface area (Å²) in [6.45, 7) is 11.6. The second-order valence-corrected chi connectivity index (χ2v) is 6.78. The fourth-order valence-corrected chi connectivity index (χ4v) is 3.08. The molecular weight excluding hydrogens is 383 g/mol. The summed E-state index contributed by atoms with van der Waals surface area (Å²) < 4.78 is 33.6. The number of nitrogens with zero attached hydrogens (tertiary/aromatic N) is 2. The summed E-state index contributed by atoms with van der Waals surface area (Å²) >= 11 is 0. The van der Waals surface area contributed by atoms with Crippen LogP contribution in [-0.2, 0) is 0 Å². The minimum absolute atomic E-state index is 0.120. The fraction of sp³-hybridized carbons (Fsp3) is 0.130. The first-order chi connectivity index (χ1) is 14.3. The molecule has 7 heteroatoms. The third-order valence-corrected chi connectivity index (χ3v) is 4.62. The van der Waals surface area contributed by atoms with Gasteiger partial charge in [0, 0.05) is 34.3 Å². The molecule has 0 amide bonds. The number of rotatable bonds is 7. The number of halogens is 2. The van der Waals surface area contributed by atoms with Crippen LogP contribution in [0, 0.1) is 18.6 Å². The summed E-state index contributed by atoms with van der Waals surface area (Å²) in [4.78, 5) is 8.69. The van der Waals surface area contributed by atoms with Crippen molar-refractivity contribution in [2.24, 2.45) is 9.98 Å². The monoisotopic (exact) mass is 404 g/mol. The molecule has 1 heterocycles. The van der Waals surface area contributed by atoms with Gasteiger partial charge < -0.3 is 10.1 Å². The van der Waals surface area contributed by atoms with Gasteiger partial charge >= 0.3 is 0 Å². The largest absolute Gasteiger partial charge is 0.496 e. The highest BCUT2D eigenvalue weighted by molar-refractivity contribution is 6.82. The molecule has 1 aliphatic rings. The number of aliphatic imine (C=N–C) groups is 2. The molecule has 0 bridgehead atoms. The van der Waals surface area contributed by atoms with Crippen molar-refractivity contribution >= 4 is 24.8 Å². The van der Waals surface area contributed by atoms with E-state index in [9.17, 15) is 8.78 Å². The summed E-state index contributed by atoms with van der Waals surface area (Å²) in [5.41, 5.74) is 4.56. The van der Waals surface area contributed by atoms with Gasteiger partial charge in [-0.1, -0.05) is 25.3 Å². The van der Waals surface area contributed by atoms with Gasteiger partial charge in [0.25, 0.3) is 0 Å². The highest BCUT2D eigenvalue weighted by atomic mass is 19.2. The van der Waals surface area contributed by atoms with Crippen molar-refractivity contribution in [3.8, 4) is 16.9 Å². The van der Waals surface area contributed by atoms with Crippen LogP contribution in [-0.4, -0.2) is 26.2 Å². The summed E-state index contributed by atoms with van der Waals surface area (Å²) in [5, 5.41) is 3.06. The second-order valence-electron chi connectivity index (χ2n) is 6.78. The normalized spacial score (nSPS) is 13.0. The van der Waals surface area contributed by atoms with Gasteiger partial charge in [-0.25, -0.2) is 8.78 Å². The highest BCUT2D eigenvalue weighted by Gasteiger charge is 2.17. The van der Waals surface area contributed by atoms with Crippen LogP contribution in [0.25, 0.3) is 11.1 Å². The maximum Gasteiger partial charge on any atom is 0.215 e. The Morgan fingerprint density at radius 2 is 1.93 bits per heavy atom. The minimum atomic E-state index is -0.928. The lowest BCUT2D eigenvalue weighted by molar-refractivity contribution is 0.412. The molecule has 0 fully saturated rings. The lowest BCUT2D eigenvalue weighted by Crippen LogP contribution is -2.17. The van der Waals surface area contributed by atoms with E-state index in [2.05, 4.69) is 28.5 Å². The molecule has 1 aliphatic heterocycles. The van der Waals surface area contributed by atoms with Gasteiger partial charge in [-0.2, -0.15) is 0 Å². The summed E-state index contributed by atoms with van der Waals surface area (Å²) in [6.07, 6.45) is 3.23. The number of benzene rings is 2. The molecule has 0 saturated heterocycles. The third kappa shape index (κ3) is 4.40. The zero-order valence-corrected chi connectivity index (χ0v) is 17.1. The van der Waals surface area contributed by atoms with Gasteiger partial charge in [0.2, 0.25) is 7.28 Å². The van der Waals surface area contributed by atoms with Crippen LogP contribution in [0.15, 0.2) is 76.5 Å². The molecule has 30 heavy (non-hydrogen) atoms. The SMILES string of the molecule is C=C(C=Nc1c(-c2cccc(F)c2F)ccc(OC)c1C)NC(=C)C1=CN=C(C)[B]1. The van der Waals surface area contributed by atoms with Crippen LogP contribution >= 0.6 is 0 Å². The second kappa shape index (κ2) is 8.90. The molecule has 0 unspecified atom stereocenters. The van der Waals surface area contributed by atoms with Gasteiger partial charge in [-0.05, 0) is 43.1 Å². The summed E-state index contributed by atoms with van der Waals surface area (Å²) in [7, 11) is 3.44. The summed E-state index contributed by atoms with van der Waals surface area (Å²) in [6, 6.07) is 7.41. The van der Waals surface area contributed by atoms with Crippen LogP contribution in [0.1, 0.15) is 12.5 Å². The van der Waals surface area contributed by atoms with Crippen molar-refractivity contribution in [2.75, 3.05) is 7.11 Å². The number of nitrogens with one attached hydrogen (secondary N) is 1. The quantitative estimate of drug-likeness (QED) is 0.507. The van der Waals surface area contributed by atoms with Crippen LogP contribution < -0.4 is 10.1 Å². The molecule has 0 aliphatic carbocycles. The van der Waals surface area contributed by atoms with E-state index in [0.717, 1.165) is 17.1 Å². The molecule has 0 saturated carbocycles. The van der Waals surface area contributed by atoms with Crippen LogP contribution in [0.5, 0.6) is 5.75 Å². The number of hydrogen-bond donors (Lipinski definition) is 1. The molecule has 0 atom stereocenters. The highest BCUT2D eigenvalue weighted by Crippen LogP contribution is 2.39. The molecule has 2 aromatic rings. The Balaban J connectivity index is 1.91. The molecule has 4 nitrogen and oxygen atoms in total. The summed E-state index contributed by atoms with van der Waals surface area (Å²) in [5.74, 6) is -1.26. The fourth-order valence-electron chi connectivity index (χ4n) is 3.08. The van der Waals surface area contributed by atoms with Crippen molar-refractivity contribution in [1.82, 2.24) is 5.32 Å². The molecule has 0 aromatic heterocycles. The van der Waals surface area contributed by atoms with Crippen molar-refractivity contribution in [2.45, 2.75) is 13.8 Å². The van der Waals surface area contributed by atoms with E-state index in [0.29, 0.717) is 34.0 Å². The van der Waals surface area contributed by atoms with Crippen molar-refractivity contribution in [1.29, 1.82) is 0 Å². The number of methoxy groups -OCH3 is 1. The van der Waals surface area contributed by atoms with Crippen LogP contribution in [0.3, 0.4) is 0 Å². The number of allylic oxidation sites excluding steroid dienone is 2. The van der Waals surface area contributed by atoms with Gasteiger partial charge in [0.05, 0.1) is 19.0 Å². The van der Waals surface area contributed by atoms with Crippen LogP contribution in [0.2, 0.25) is 0 Å². The average Bonchev–Trinajstić information content (AvgIpc) is 3.15. The zero-order chi connectivity index (χ0) is 21.8. The standard InChI is InChI=1S/C23H21BF2N3O/c1-13(29-15(3)19-12-27-16(4)24-19)11-28-23-14(2)21(30-5)10-9-18(23)17-7-6-8-20(25)22(17)26/h6-12,29H,1,3H2,2,4-5H3. The molecule has 1 radical (unpaired) electrons. The first-order valence-electron chi connectivity index (χ1n) is 9.22. The third-order valence-electron chi connectivity index (χ3n) is 4.62. The van der Waals surface area contributed by atoms with Gasteiger partial charge in [0.15, 0.2) is 11.6 Å². The first kappa shape index (κ1) is 21.2. The number of hydrogen-bond acceptors (Lipinski definition) is 4. The average molecular weight is 404 g/mol. The Morgan fingerprint density at radius 1 is 1.17 bits per heavy atom. The van der Waals surface area contributed by atoms with E-state index in [4.69, 9.17) is 4.74 Å². The molecule has 1 N–H and O–H groups in total. The Kier molecular flexibility index (Phi) is 6.30. The Bertz CT molecular complexity index is 1120. The lowest BCUT2D eigenvalue weighted by Gasteiger charge is -2.14. The van der Waals surface area contributed by atoms with Gasteiger partial charge in [-0.3, -0.25) is 9.98 Å². The van der Waals surface area contributed by atoms with Gasteiger partial charge in [0.1, 0.15) is 5.75 Å².